The van der Waals surface area contributed by atoms with Crippen LogP contribution in [0.15, 0.2) is 77.7 Å². The number of hydrogen-bond donors (Lipinski definition) is 2. The van der Waals surface area contributed by atoms with Crippen molar-refractivity contribution in [1.29, 1.82) is 0 Å². The molecule has 9 heteroatoms. The summed E-state index contributed by atoms with van der Waals surface area (Å²) in [6.45, 7) is 1.57. The van der Waals surface area contributed by atoms with E-state index in [1.165, 1.54) is 18.0 Å². The first-order chi connectivity index (χ1) is 15.7. The van der Waals surface area contributed by atoms with Gasteiger partial charge in [-0.25, -0.2) is 13.1 Å². The number of aryl methyl sites for hydroxylation is 1. The number of halogens is 1. The van der Waals surface area contributed by atoms with Gasteiger partial charge in [0.05, 0.1) is 11.4 Å². The molecule has 2 amide bonds. The number of benzene rings is 3. The molecule has 0 aliphatic rings. The molecule has 33 heavy (non-hydrogen) atoms. The minimum absolute atomic E-state index is 0.0149. The predicted molar refractivity (Wildman–Crippen MR) is 129 cm³/mol. The van der Waals surface area contributed by atoms with Crippen molar-refractivity contribution < 1.29 is 18.0 Å². The largest absolute Gasteiger partial charge is 0.332 e. The molecular weight excluding hydrogens is 462 g/mol. The lowest BCUT2D eigenvalue weighted by Gasteiger charge is -2.18. The Labute approximate surface area is 198 Å². The number of nitrogens with zero attached hydrogens (tertiary/aromatic N) is 1. The first-order valence-electron chi connectivity index (χ1n) is 10.1. The van der Waals surface area contributed by atoms with Gasteiger partial charge in [0.2, 0.25) is 15.9 Å². The average Bonchev–Trinajstić information content (AvgIpc) is 2.78. The molecule has 0 radical (unpaired) electrons. The number of likely N-dealkylation sites (N-methyl/N-ethyl adjacent to an activating group) is 1. The van der Waals surface area contributed by atoms with E-state index < -0.39 is 21.8 Å². The maximum absolute atomic E-state index is 12.9. The van der Waals surface area contributed by atoms with Gasteiger partial charge in [-0.1, -0.05) is 54.1 Å². The average molecular weight is 486 g/mol. The summed E-state index contributed by atoms with van der Waals surface area (Å²) in [6.07, 6.45) is 0. The second-order valence-corrected chi connectivity index (χ2v) is 9.68. The summed E-state index contributed by atoms with van der Waals surface area (Å²) in [5.41, 5.74) is 2.00. The van der Waals surface area contributed by atoms with Crippen molar-refractivity contribution in [1.82, 2.24) is 9.62 Å². The number of nitrogens with one attached hydrogen (secondary N) is 2. The van der Waals surface area contributed by atoms with E-state index in [2.05, 4.69) is 10.0 Å². The molecule has 0 spiro atoms. The highest BCUT2D eigenvalue weighted by Gasteiger charge is 2.21. The second kappa shape index (κ2) is 10.6. The number of carbonyl (C=O) groups is 2. The molecule has 0 unspecified atom stereocenters. The van der Waals surface area contributed by atoms with Crippen molar-refractivity contribution in [2.24, 2.45) is 0 Å². The van der Waals surface area contributed by atoms with Crippen LogP contribution >= 0.6 is 11.6 Å². The topological polar surface area (TPSA) is 95.6 Å². The van der Waals surface area contributed by atoms with Gasteiger partial charge >= 0.3 is 0 Å². The van der Waals surface area contributed by atoms with Gasteiger partial charge in [-0.05, 0) is 48.4 Å². The number of carbonyl (C=O) groups excluding carboxylic acids is 2. The summed E-state index contributed by atoms with van der Waals surface area (Å²) in [7, 11) is -2.38. The van der Waals surface area contributed by atoms with E-state index in [-0.39, 0.29) is 23.5 Å². The smallest absolute Gasteiger partial charge is 0.254 e. The molecule has 3 aromatic carbocycles. The normalized spacial score (nSPS) is 11.1. The zero-order valence-electron chi connectivity index (χ0n) is 18.2. The van der Waals surface area contributed by atoms with Gasteiger partial charge in [-0.15, -0.1) is 0 Å². The highest BCUT2D eigenvalue weighted by Crippen LogP contribution is 2.19. The van der Waals surface area contributed by atoms with Crippen molar-refractivity contribution in [3.05, 3.63) is 94.5 Å². The molecule has 0 saturated heterocycles. The maximum Gasteiger partial charge on any atom is 0.254 e. The summed E-state index contributed by atoms with van der Waals surface area (Å²) >= 11 is 5.92. The van der Waals surface area contributed by atoms with Crippen LogP contribution < -0.4 is 10.0 Å². The number of rotatable bonds is 8. The minimum Gasteiger partial charge on any atom is -0.332 e. The molecule has 3 rings (SSSR count). The molecule has 0 aromatic heterocycles. The Morgan fingerprint density at radius 3 is 2.39 bits per heavy atom. The predicted octanol–water partition coefficient (Wildman–Crippen LogP) is 3.84. The first-order valence-corrected chi connectivity index (χ1v) is 12.0. The Bertz CT molecular complexity index is 1260. The third kappa shape index (κ3) is 6.64. The van der Waals surface area contributed by atoms with E-state index in [0.29, 0.717) is 16.3 Å². The van der Waals surface area contributed by atoms with Gasteiger partial charge in [0.15, 0.2) is 0 Å². The van der Waals surface area contributed by atoms with Crippen LogP contribution in [0.4, 0.5) is 5.69 Å². The molecular formula is C24H24ClN3O4S. The molecule has 0 atom stereocenters. The SMILES string of the molecule is Cc1ccc(C(=O)N(C)CC(=O)Nc2cccc(Cl)c2)cc1S(=O)(=O)NCc1ccccc1. The van der Waals surface area contributed by atoms with Crippen LogP contribution in [-0.2, 0) is 21.4 Å². The lowest BCUT2D eigenvalue weighted by Crippen LogP contribution is -2.35. The first kappa shape index (κ1) is 24.4. The van der Waals surface area contributed by atoms with E-state index in [9.17, 15) is 18.0 Å². The van der Waals surface area contributed by atoms with Crippen LogP contribution in [0.5, 0.6) is 0 Å². The lowest BCUT2D eigenvalue weighted by atomic mass is 10.1. The summed E-state index contributed by atoms with van der Waals surface area (Å²) in [6, 6.07) is 20.3. The molecule has 172 valence electrons. The maximum atomic E-state index is 12.9. The van der Waals surface area contributed by atoms with E-state index in [1.54, 1.807) is 43.3 Å². The summed E-state index contributed by atoms with van der Waals surface area (Å²) in [5, 5.41) is 3.15. The summed E-state index contributed by atoms with van der Waals surface area (Å²) in [5.74, 6) is -0.881. The van der Waals surface area contributed by atoms with E-state index in [1.807, 2.05) is 30.3 Å². The van der Waals surface area contributed by atoms with Crippen molar-refractivity contribution >= 4 is 39.1 Å². The highest BCUT2D eigenvalue weighted by molar-refractivity contribution is 7.89. The molecule has 0 aliphatic heterocycles. The fourth-order valence-corrected chi connectivity index (χ4v) is 4.63. The molecule has 3 aromatic rings. The van der Waals surface area contributed by atoms with Gasteiger partial charge in [-0.3, -0.25) is 9.59 Å². The van der Waals surface area contributed by atoms with Crippen molar-refractivity contribution in [3.8, 4) is 0 Å². The van der Waals surface area contributed by atoms with Gasteiger partial charge in [0, 0.05) is 29.9 Å². The zero-order chi connectivity index (χ0) is 24.0. The highest BCUT2D eigenvalue weighted by atomic mass is 35.5. The molecule has 0 fully saturated rings. The Hall–Kier alpha value is -3.20. The Balaban J connectivity index is 1.70. The molecule has 2 N–H and O–H groups in total. The zero-order valence-corrected chi connectivity index (χ0v) is 19.8. The number of amides is 2. The van der Waals surface area contributed by atoms with Gasteiger partial charge in [-0.2, -0.15) is 0 Å². The molecule has 0 bridgehead atoms. The van der Waals surface area contributed by atoms with Gasteiger partial charge in [0.1, 0.15) is 0 Å². The van der Waals surface area contributed by atoms with Crippen LogP contribution in [0.3, 0.4) is 0 Å². The van der Waals surface area contributed by atoms with Crippen molar-refractivity contribution in [3.63, 3.8) is 0 Å². The summed E-state index contributed by atoms with van der Waals surface area (Å²) in [4.78, 5) is 26.4. The quantitative estimate of drug-likeness (QED) is 0.506. The Morgan fingerprint density at radius 2 is 1.70 bits per heavy atom. The molecule has 7 nitrogen and oxygen atoms in total. The van der Waals surface area contributed by atoms with Crippen molar-refractivity contribution in [2.75, 3.05) is 18.9 Å². The fraction of sp³-hybridized carbons (Fsp3) is 0.167. The standard InChI is InChI=1S/C24H24ClN3O4S/c1-17-11-12-19(13-22(17)33(31,32)26-15-18-7-4-3-5-8-18)24(30)28(2)16-23(29)27-21-10-6-9-20(25)14-21/h3-14,26H,15-16H2,1-2H3,(H,27,29). The van der Waals surface area contributed by atoms with E-state index in [4.69, 9.17) is 11.6 Å². The summed E-state index contributed by atoms with van der Waals surface area (Å²) < 4.78 is 28.3. The number of hydrogen-bond acceptors (Lipinski definition) is 4. The second-order valence-electron chi connectivity index (χ2n) is 7.51. The molecule has 0 heterocycles. The third-order valence-corrected chi connectivity index (χ3v) is 6.65. The Kier molecular flexibility index (Phi) is 7.86. The van der Waals surface area contributed by atoms with Gasteiger partial charge in [0.25, 0.3) is 5.91 Å². The van der Waals surface area contributed by atoms with Crippen LogP contribution in [-0.4, -0.2) is 38.7 Å². The minimum atomic E-state index is -3.85. The monoisotopic (exact) mass is 485 g/mol. The van der Waals surface area contributed by atoms with E-state index >= 15 is 0 Å². The van der Waals surface area contributed by atoms with Crippen LogP contribution in [0.2, 0.25) is 5.02 Å². The molecule has 0 aliphatic carbocycles. The Morgan fingerprint density at radius 1 is 0.970 bits per heavy atom. The molecule has 0 saturated carbocycles. The van der Waals surface area contributed by atoms with Crippen LogP contribution in [0, 0.1) is 6.92 Å². The third-order valence-electron chi connectivity index (χ3n) is 4.87. The number of sulfonamides is 1. The van der Waals surface area contributed by atoms with E-state index in [0.717, 1.165) is 5.56 Å². The van der Waals surface area contributed by atoms with Crippen LogP contribution in [0.1, 0.15) is 21.5 Å². The fourth-order valence-electron chi connectivity index (χ4n) is 3.15. The van der Waals surface area contributed by atoms with Crippen LogP contribution in [0.25, 0.3) is 0 Å². The van der Waals surface area contributed by atoms with Crippen molar-refractivity contribution in [2.45, 2.75) is 18.4 Å². The lowest BCUT2D eigenvalue weighted by molar-refractivity contribution is -0.116. The van der Waals surface area contributed by atoms with Gasteiger partial charge < -0.3 is 10.2 Å². The number of anilines is 1.